The molecule has 0 radical (unpaired) electrons. The summed E-state index contributed by atoms with van der Waals surface area (Å²) in [5.41, 5.74) is 2.58. The van der Waals surface area contributed by atoms with Crippen LogP contribution in [0.4, 0.5) is 0 Å². The topological polar surface area (TPSA) is 38.2 Å². The fourth-order valence-corrected chi connectivity index (χ4v) is 4.10. The molecule has 1 unspecified atom stereocenters. The molecule has 4 heteroatoms. The Hall–Kier alpha value is -1.00. The first kappa shape index (κ1) is 15.9. The molecule has 0 N–H and O–H groups in total. The van der Waals surface area contributed by atoms with Crippen molar-refractivity contribution in [3.8, 4) is 0 Å². The number of aromatic nitrogens is 2. The average molecular weight is 303 g/mol. The molecule has 1 aromatic heterocycles. The lowest BCUT2D eigenvalue weighted by molar-refractivity contribution is -0.0775. The van der Waals surface area contributed by atoms with Crippen LogP contribution in [-0.4, -0.2) is 46.7 Å². The van der Waals surface area contributed by atoms with Crippen molar-refractivity contribution in [3.05, 3.63) is 23.8 Å². The monoisotopic (exact) mass is 303 g/mol. The lowest BCUT2D eigenvalue weighted by Crippen LogP contribution is -2.42. The predicted octanol–water partition coefficient (Wildman–Crippen LogP) is 3.17. The Morgan fingerprint density at radius 1 is 1.27 bits per heavy atom. The lowest BCUT2D eigenvalue weighted by Gasteiger charge is -2.39. The van der Waals surface area contributed by atoms with Gasteiger partial charge in [0.25, 0.3) is 0 Å². The van der Waals surface area contributed by atoms with E-state index in [0.29, 0.717) is 5.92 Å². The van der Waals surface area contributed by atoms with Gasteiger partial charge in [-0.1, -0.05) is 0 Å². The largest absolute Gasteiger partial charge is 0.376 e. The molecule has 1 aromatic rings. The third kappa shape index (κ3) is 3.85. The van der Waals surface area contributed by atoms with E-state index >= 15 is 0 Å². The molecule has 2 aliphatic heterocycles. The maximum absolute atomic E-state index is 5.84. The van der Waals surface area contributed by atoms with Crippen LogP contribution in [0, 0.1) is 12.8 Å². The van der Waals surface area contributed by atoms with E-state index in [1.165, 1.54) is 56.6 Å². The van der Waals surface area contributed by atoms with E-state index in [1.54, 1.807) is 6.33 Å². The normalized spacial score (nSPS) is 27.0. The first-order valence-corrected chi connectivity index (χ1v) is 8.66. The van der Waals surface area contributed by atoms with Gasteiger partial charge in [-0.05, 0) is 71.0 Å². The highest BCUT2D eigenvalue weighted by molar-refractivity contribution is 5.18. The quantitative estimate of drug-likeness (QED) is 0.859. The van der Waals surface area contributed by atoms with E-state index in [9.17, 15) is 0 Å². The van der Waals surface area contributed by atoms with Gasteiger partial charge in [0.1, 0.15) is 6.33 Å². The third-order valence-electron chi connectivity index (χ3n) is 5.23. The smallest absolute Gasteiger partial charge is 0.115 e. The Kier molecular flexibility index (Phi) is 4.79. The van der Waals surface area contributed by atoms with Gasteiger partial charge in [0, 0.05) is 31.0 Å². The number of rotatable bonds is 3. The summed E-state index contributed by atoms with van der Waals surface area (Å²) in [6, 6.07) is 0. The van der Waals surface area contributed by atoms with E-state index in [-0.39, 0.29) is 5.60 Å². The van der Waals surface area contributed by atoms with Crippen LogP contribution in [0.25, 0.3) is 0 Å². The van der Waals surface area contributed by atoms with Crippen LogP contribution in [0.1, 0.15) is 56.7 Å². The van der Waals surface area contributed by atoms with Crippen molar-refractivity contribution in [2.24, 2.45) is 5.92 Å². The van der Waals surface area contributed by atoms with Crippen LogP contribution in [0.5, 0.6) is 0 Å². The number of hydrogen-bond donors (Lipinski definition) is 0. The second-order valence-corrected chi connectivity index (χ2v) is 7.63. The highest BCUT2D eigenvalue weighted by atomic mass is 16.5. The van der Waals surface area contributed by atoms with Crippen molar-refractivity contribution in [2.45, 2.75) is 58.0 Å². The number of piperidine rings is 1. The summed E-state index contributed by atoms with van der Waals surface area (Å²) in [4.78, 5) is 11.3. The maximum atomic E-state index is 5.84. The van der Waals surface area contributed by atoms with Gasteiger partial charge in [0.2, 0.25) is 0 Å². The molecule has 0 spiro atoms. The van der Waals surface area contributed by atoms with Crippen molar-refractivity contribution in [1.29, 1.82) is 0 Å². The average Bonchev–Trinajstić information content (AvgIpc) is 2.48. The van der Waals surface area contributed by atoms with E-state index in [1.807, 2.05) is 6.20 Å². The van der Waals surface area contributed by atoms with Gasteiger partial charge in [-0.15, -0.1) is 0 Å². The summed E-state index contributed by atoms with van der Waals surface area (Å²) in [6.45, 7) is 11.1. The summed E-state index contributed by atoms with van der Waals surface area (Å²) in [5.74, 6) is 1.41. The SMILES string of the molecule is Cc1cncnc1C1CCN(CC2CCOC(C)(C)C2)CC1. The fourth-order valence-electron chi connectivity index (χ4n) is 4.10. The number of hydrogen-bond acceptors (Lipinski definition) is 4. The summed E-state index contributed by atoms with van der Waals surface area (Å²) >= 11 is 0. The minimum atomic E-state index is 0.0688. The fraction of sp³-hybridized carbons (Fsp3) is 0.778. The van der Waals surface area contributed by atoms with E-state index in [0.717, 1.165) is 12.5 Å². The van der Waals surface area contributed by atoms with Crippen LogP contribution < -0.4 is 0 Å². The van der Waals surface area contributed by atoms with Gasteiger partial charge >= 0.3 is 0 Å². The first-order valence-electron chi connectivity index (χ1n) is 8.66. The number of aryl methyl sites for hydroxylation is 1. The van der Waals surface area contributed by atoms with Gasteiger partial charge in [-0.2, -0.15) is 0 Å². The third-order valence-corrected chi connectivity index (χ3v) is 5.23. The van der Waals surface area contributed by atoms with Gasteiger partial charge in [-0.25, -0.2) is 9.97 Å². The molecule has 0 amide bonds. The molecule has 2 aliphatic rings. The van der Waals surface area contributed by atoms with Crippen LogP contribution >= 0.6 is 0 Å². The lowest BCUT2D eigenvalue weighted by atomic mass is 9.86. The molecular formula is C18H29N3O. The molecule has 22 heavy (non-hydrogen) atoms. The molecule has 0 aliphatic carbocycles. The number of ether oxygens (including phenoxy) is 1. The van der Waals surface area contributed by atoms with Crippen LogP contribution in [-0.2, 0) is 4.74 Å². The molecule has 3 heterocycles. The molecule has 3 rings (SSSR count). The Bertz CT molecular complexity index is 495. The zero-order valence-corrected chi connectivity index (χ0v) is 14.2. The number of nitrogens with zero attached hydrogens (tertiary/aromatic N) is 3. The molecule has 0 saturated carbocycles. The molecule has 2 saturated heterocycles. The van der Waals surface area contributed by atoms with Crippen molar-refractivity contribution >= 4 is 0 Å². The van der Waals surface area contributed by atoms with E-state index in [2.05, 4.69) is 35.6 Å². The first-order chi connectivity index (χ1) is 10.5. The molecule has 122 valence electrons. The number of likely N-dealkylation sites (tertiary alicyclic amines) is 1. The predicted molar refractivity (Wildman–Crippen MR) is 87.9 cm³/mol. The van der Waals surface area contributed by atoms with Crippen LogP contribution in [0.3, 0.4) is 0 Å². The molecular weight excluding hydrogens is 274 g/mol. The molecule has 2 fully saturated rings. The highest BCUT2D eigenvalue weighted by Crippen LogP contribution is 2.32. The van der Waals surface area contributed by atoms with E-state index < -0.39 is 0 Å². The minimum Gasteiger partial charge on any atom is -0.376 e. The standard InChI is InChI=1S/C18H29N3O/c1-14-11-19-13-20-17(14)16-4-7-21(8-5-16)12-15-6-9-22-18(2,3)10-15/h11,13,15-16H,4-10,12H2,1-3H3. The zero-order chi connectivity index (χ0) is 15.6. The molecule has 0 bridgehead atoms. The minimum absolute atomic E-state index is 0.0688. The summed E-state index contributed by atoms with van der Waals surface area (Å²) < 4.78 is 5.84. The molecule has 4 nitrogen and oxygen atoms in total. The summed E-state index contributed by atoms with van der Waals surface area (Å²) in [7, 11) is 0. The van der Waals surface area contributed by atoms with Crippen LogP contribution in [0.2, 0.25) is 0 Å². The highest BCUT2D eigenvalue weighted by Gasteiger charge is 2.31. The Morgan fingerprint density at radius 2 is 2.05 bits per heavy atom. The summed E-state index contributed by atoms with van der Waals surface area (Å²) in [6.07, 6.45) is 8.50. The molecule has 0 aromatic carbocycles. The Labute approximate surface area is 134 Å². The van der Waals surface area contributed by atoms with Gasteiger partial charge in [-0.3, -0.25) is 0 Å². The second-order valence-electron chi connectivity index (χ2n) is 7.63. The van der Waals surface area contributed by atoms with Crippen molar-refractivity contribution in [2.75, 3.05) is 26.2 Å². The maximum Gasteiger partial charge on any atom is 0.115 e. The van der Waals surface area contributed by atoms with Gasteiger partial charge in [0.05, 0.1) is 5.60 Å². The molecule has 1 atom stereocenters. The summed E-state index contributed by atoms with van der Waals surface area (Å²) in [5, 5.41) is 0. The van der Waals surface area contributed by atoms with Gasteiger partial charge in [0.15, 0.2) is 0 Å². The zero-order valence-electron chi connectivity index (χ0n) is 14.2. The Morgan fingerprint density at radius 3 is 2.73 bits per heavy atom. The second kappa shape index (κ2) is 6.63. The van der Waals surface area contributed by atoms with Gasteiger partial charge < -0.3 is 9.64 Å². The Balaban J connectivity index is 1.51. The van der Waals surface area contributed by atoms with Crippen molar-refractivity contribution < 1.29 is 4.74 Å². The van der Waals surface area contributed by atoms with Crippen molar-refractivity contribution in [3.63, 3.8) is 0 Å². The van der Waals surface area contributed by atoms with Crippen molar-refractivity contribution in [1.82, 2.24) is 14.9 Å². The van der Waals surface area contributed by atoms with E-state index in [4.69, 9.17) is 4.74 Å². The van der Waals surface area contributed by atoms with Crippen LogP contribution in [0.15, 0.2) is 12.5 Å².